The van der Waals surface area contributed by atoms with E-state index in [0.29, 0.717) is 22.1 Å². The van der Waals surface area contributed by atoms with E-state index in [-0.39, 0.29) is 17.6 Å². The number of aromatic amines is 2. The van der Waals surface area contributed by atoms with E-state index in [1.165, 1.54) is 0 Å². The Balaban J connectivity index is 1.78. The molecule has 1 aromatic carbocycles. The Morgan fingerprint density at radius 1 is 1.23 bits per heavy atom. The number of hydrogen-bond acceptors (Lipinski definition) is 5. The van der Waals surface area contributed by atoms with Crippen molar-refractivity contribution in [2.45, 2.75) is 32.7 Å². The second-order valence-corrected chi connectivity index (χ2v) is 8.19. The van der Waals surface area contributed by atoms with E-state index in [1.807, 2.05) is 32.2 Å². The van der Waals surface area contributed by atoms with Crippen molar-refractivity contribution in [2.24, 2.45) is 0 Å². The van der Waals surface area contributed by atoms with Crippen molar-refractivity contribution in [3.63, 3.8) is 0 Å². The molecule has 0 bridgehead atoms. The van der Waals surface area contributed by atoms with Gasteiger partial charge >= 0.3 is 5.69 Å². The van der Waals surface area contributed by atoms with Crippen LogP contribution in [-0.2, 0) is 0 Å². The van der Waals surface area contributed by atoms with Crippen LogP contribution in [0, 0.1) is 18.5 Å². The Kier molecular flexibility index (Phi) is 4.59. The molecular weight excluding hydrogens is 410 g/mol. The number of H-pyrrole nitrogens is 2. The first-order chi connectivity index (χ1) is 14.9. The third-order valence-electron chi connectivity index (χ3n) is 5.67. The number of aryl methyl sites for hydroxylation is 2. The minimum Gasteiger partial charge on any atom is -0.441 e. The van der Waals surface area contributed by atoms with Crippen LogP contribution < -0.4 is 5.69 Å². The van der Waals surface area contributed by atoms with Crippen molar-refractivity contribution in [1.82, 2.24) is 24.5 Å². The van der Waals surface area contributed by atoms with Crippen molar-refractivity contribution >= 4 is 24.4 Å². The van der Waals surface area contributed by atoms with E-state index >= 15 is 0 Å². The van der Waals surface area contributed by atoms with Crippen molar-refractivity contribution in [1.29, 1.82) is 0 Å². The zero-order valence-corrected chi connectivity index (χ0v) is 18.2. The second-order valence-electron chi connectivity index (χ2n) is 7.78. The maximum absolute atomic E-state index is 12.8. The summed E-state index contributed by atoms with van der Waals surface area (Å²) >= 11 is 5.64. The zero-order chi connectivity index (χ0) is 21.7. The van der Waals surface area contributed by atoms with Gasteiger partial charge in [-0.25, -0.2) is 14.8 Å². The smallest absolute Gasteiger partial charge is 0.327 e. The van der Waals surface area contributed by atoms with Crippen molar-refractivity contribution < 1.29 is 4.42 Å². The highest BCUT2D eigenvalue weighted by molar-refractivity contribution is 7.71. The number of imidazole rings is 1. The second kappa shape index (κ2) is 7.31. The van der Waals surface area contributed by atoms with E-state index in [4.69, 9.17) is 21.6 Å². The minimum atomic E-state index is -0.299. The number of oxazole rings is 1. The predicted molar refractivity (Wildman–Crippen MR) is 121 cm³/mol. The van der Waals surface area contributed by atoms with Gasteiger partial charge in [0.25, 0.3) is 0 Å². The van der Waals surface area contributed by atoms with Crippen LogP contribution in [0.2, 0.25) is 0 Å². The molecule has 4 aromatic rings. The number of aromatic nitrogens is 5. The van der Waals surface area contributed by atoms with E-state index in [9.17, 15) is 4.79 Å². The van der Waals surface area contributed by atoms with Crippen molar-refractivity contribution in [2.75, 3.05) is 0 Å². The fourth-order valence-corrected chi connectivity index (χ4v) is 4.40. The summed E-state index contributed by atoms with van der Waals surface area (Å²) in [6, 6.07) is 6.00. The summed E-state index contributed by atoms with van der Waals surface area (Å²) in [4.78, 5) is 27.7. The quantitative estimate of drug-likeness (QED) is 0.410. The first-order valence-corrected chi connectivity index (χ1v) is 10.4. The Bertz CT molecular complexity index is 1430. The van der Waals surface area contributed by atoms with E-state index in [1.54, 1.807) is 17.0 Å². The monoisotopic (exact) mass is 431 g/mol. The van der Waals surface area contributed by atoms with Gasteiger partial charge in [-0.15, -0.1) is 0 Å². The minimum absolute atomic E-state index is 0.281. The maximum Gasteiger partial charge on any atom is 0.327 e. The lowest BCUT2D eigenvalue weighted by Crippen LogP contribution is -2.28. The Hall–Kier alpha value is -3.52. The topological polar surface area (TPSA) is 92.5 Å². The molecule has 0 spiro atoms. The fraction of sp³-hybridized carbons (Fsp3) is 0.217. The van der Waals surface area contributed by atoms with Crippen molar-refractivity contribution in [3.05, 3.63) is 97.3 Å². The van der Waals surface area contributed by atoms with Gasteiger partial charge in [0.2, 0.25) is 0 Å². The van der Waals surface area contributed by atoms with Crippen LogP contribution in [0.3, 0.4) is 0 Å². The average Bonchev–Trinajstić information content (AvgIpc) is 3.36. The van der Waals surface area contributed by atoms with Gasteiger partial charge in [0.1, 0.15) is 10.5 Å². The third kappa shape index (κ3) is 3.29. The average molecular weight is 432 g/mol. The van der Waals surface area contributed by atoms with Crippen LogP contribution in [-0.4, -0.2) is 24.5 Å². The third-order valence-corrected chi connectivity index (χ3v) is 6.01. The molecular formula is C23H21N5O2S. The van der Waals surface area contributed by atoms with Gasteiger partial charge in [-0.1, -0.05) is 42.1 Å². The maximum atomic E-state index is 12.8. The number of nitrogens with zero attached hydrogens (tertiary/aromatic N) is 3. The molecule has 0 radical (unpaired) electrons. The number of nitrogens with one attached hydrogen (secondary N) is 2. The Morgan fingerprint density at radius 3 is 2.84 bits per heavy atom. The summed E-state index contributed by atoms with van der Waals surface area (Å²) < 4.78 is 7.88. The standard InChI is InChI=1S/C23H21N5O2S/c1-12-4-5-15-6-7-18-20(26-14(3)30-18)19(16(15)10-12)17-11-28(23(29)27-22(17)31)13(2)21-24-8-9-25-21/h4-11,13,19H,1-3H3,(H,24,25)(H,27,29,31). The summed E-state index contributed by atoms with van der Waals surface area (Å²) in [5.74, 6) is 1.69. The number of rotatable bonds is 3. The first-order valence-electron chi connectivity index (χ1n) is 10.0. The van der Waals surface area contributed by atoms with Crippen LogP contribution in [0.1, 0.15) is 64.3 Å². The van der Waals surface area contributed by atoms with Gasteiger partial charge in [-0.05, 0) is 31.1 Å². The van der Waals surface area contributed by atoms with E-state index < -0.39 is 0 Å². The molecule has 7 nitrogen and oxygen atoms in total. The molecule has 2 unspecified atom stereocenters. The number of benzene rings is 1. The molecule has 5 rings (SSSR count). The normalized spacial score (nSPS) is 15.9. The molecule has 0 amide bonds. The van der Waals surface area contributed by atoms with Crippen molar-refractivity contribution in [3.8, 4) is 0 Å². The molecule has 1 aliphatic rings. The SMILES string of the molecule is Cc1ccc2c(c1)C(c1cn(C(C)c3ncc[nH]3)c(=O)[nH]c1=S)c1nc(C)oc1C=C2. The van der Waals surface area contributed by atoms with Gasteiger partial charge in [-0.3, -0.25) is 9.55 Å². The number of fused-ring (bicyclic) bond motifs is 2. The zero-order valence-electron chi connectivity index (χ0n) is 17.3. The summed E-state index contributed by atoms with van der Waals surface area (Å²) in [5.41, 5.74) is 4.55. The molecule has 0 saturated carbocycles. The first kappa shape index (κ1) is 19.4. The molecule has 2 N–H and O–H groups in total. The lowest BCUT2D eigenvalue weighted by molar-refractivity contribution is 0.512. The molecule has 156 valence electrons. The highest BCUT2D eigenvalue weighted by Gasteiger charge is 2.30. The number of hydrogen-bond donors (Lipinski definition) is 2. The molecule has 31 heavy (non-hydrogen) atoms. The van der Waals surface area contributed by atoms with Crippen LogP contribution in [0.5, 0.6) is 0 Å². The summed E-state index contributed by atoms with van der Waals surface area (Å²) in [7, 11) is 0. The van der Waals surface area contributed by atoms with Crippen LogP contribution in [0.25, 0.3) is 12.2 Å². The highest BCUT2D eigenvalue weighted by Crippen LogP contribution is 2.39. The molecule has 2 atom stereocenters. The van der Waals surface area contributed by atoms with Gasteiger partial charge in [-0.2, -0.15) is 0 Å². The Morgan fingerprint density at radius 2 is 2.06 bits per heavy atom. The van der Waals surface area contributed by atoms with Crippen LogP contribution in [0.15, 0.2) is 46.0 Å². The largest absolute Gasteiger partial charge is 0.441 e. The summed E-state index contributed by atoms with van der Waals surface area (Å²) in [5, 5.41) is 0. The lowest BCUT2D eigenvalue weighted by Gasteiger charge is -2.21. The molecule has 0 fully saturated rings. The molecule has 0 aliphatic heterocycles. The lowest BCUT2D eigenvalue weighted by atomic mass is 9.86. The van der Waals surface area contributed by atoms with Gasteiger partial charge in [0.15, 0.2) is 11.7 Å². The molecule has 8 heteroatoms. The molecule has 1 aliphatic carbocycles. The fourth-order valence-electron chi connectivity index (χ4n) is 4.14. The van der Waals surface area contributed by atoms with E-state index in [0.717, 1.165) is 27.9 Å². The summed E-state index contributed by atoms with van der Waals surface area (Å²) in [6.07, 6.45) is 9.21. The summed E-state index contributed by atoms with van der Waals surface area (Å²) in [6.45, 7) is 5.80. The van der Waals surface area contributed by atoms with E-state index in [2.05, 4.69) is 40.1 Å². The molecule has 3 aromatic heterocycles. The predicted octanol–water partition coefficient (Wildman–Crippen LogP) is 4.51. The van der Waals surface area contributed by atoms with Crippen LogP contribution >= 0.6 is 12.2 Å². The highest BCUT2D eigenvalue weighted by atomic mass is 32.1. The van der Waals surface area contributed by atoms with Gasteiger partial charge in [0.05, 0.1) is 17.7 Å². The molecule has 3 heterocycles. The Labute approximate surface area is 183 Å². The molecule has 0 saturated heterocycles. The van der Waals surface area contributed by atoms with Gasteiger partial charge < -0.3 is 9.40 Å². The van der Waals surface area contributed by atoms with Crippen LogP contribution in [0.4, 0.5) is 0 Å². The van der Waals surface area contributed by atoms with Gasteiger partial charge in [0, 0.05) is 31.1 Å².